The quantitative estimate of drug-likeness (QED) is 0.696. The van der Waals surface area contributed by atoms with Gasteiger partial charge < -0.3 is 14.8 Å². The molecule has 0 fully saturated rings. The Bertz CT molecular complexity index is 1070. The summed E-state index contributed by atoms with van der Waals surface area (Å²) in [6, 6.07) is 10.4. The number of hydrogen-bond donors (Lipinski definition) is 2. The zero-order valence-electron chi connectivity index (χ0n) is 13.0. The first-order valence-corrected chi connectivity index (χ1v) is 7.62. The molecule has 0 saturated carbocycles. The summed E-state index contributed by atoms with van der Waals surface area (Å²) >= 11 is 5.99. The van der Waals surface area contributed by atoms with Crippen molar-refractivity contribution in [3.05, 3.63) is 74.6 Å². The third-order valence-electron chi connectivity index (χ3n) is 3.68. The first kappa shape index (κ1) is 16.7. The third-order valence-corrected chi connectivity index (χ3v) is 4.00. The summed E-state index contributed by atoms with van der Waals surface area (Å²) in [6.45, 7) is 1.78. The van der Waals surface area contributed by atoms with E-state index < -0.39 is 17.5 Å². The maximum Gasteiger partial charge on any atom is 0.336 e. The highest BCUT2D eigenvalue weighted by Gasteiger charge is 2.20. The van der Waals surface area contributed by atoms with Crippen LogP contribution in [0.5, 0.6) is 0 Å². The van der Waals surface area contributed by atoms with Crippen LogP contribution in [-0.4, -0.2) is 17.0 Å². The summed E-state index contributed by atoms with van der Waals surface area (Å²) in [5.74, 6) is -1.93. The Kier molecular flexibility index (Phi) is 4.29. The van der Waals surface area contributed by atoms with Gasteiger partial charge in [-0.05, 0) is 36.8 Å². The van der Waals surface area contributed by atoms with Crippen molar-refractivity contribution in [2.75, 3.05) is 5.32 Å². The molecule has 2 N–H and O–H groups in total. The lowest BCUT2D eigenvalue weighted by atomic mass is 10.1. The molecule has 0 saturated heterocycles. The predicted molar refractivity (Wildman–Crippen MR) is 93.6 cm³/mol. The van der Waals surface area contributed by atoms with E-state index in [-0.39, 0.29) is 16.1 Å². The highest BCUT2D eigenvalue weighted by molar-refractivity contribution is 6.35. The molecule has 126 valence electrons. The van der Waals surface area contributed by atoms with Crippen LogP contribution >= 0.6 is 11.6 Å². The van der Waals surface area contributed by atoms with Gasteiger partial charge in [-0.15, -0.1) is 0 Å². The molecule has 0 radical (unpaired) electrons. The van der Waals surface area contributed by atoms with E-state index in [1.807, 2.05) is 0 Å². The Morgan fingerprint density at radius 3 is 2.64 bits per heavy atom. The SMILES string of the molecule is Cc1cc(=O)oc2cc(NC(=O)c3c(Cl)cccc3C(=O)O)ccc12. The van der Waals surface area contributed by atoms with Crippen LogP contribution in [0.3, 0.4) is 0 Å². The summed E-state index contributed by atoms with van der Waals surface area (Å²) in [5.41, 5.74) is 0.592. The van der Waals surface area contributed by atoms with Gasteiger partial charge in [-0.25, -0.2) is 9.59 Å². The summed E-state index contributed by atoms with van der Waals surface area (Å²) in [6.07, 6.45) is 0. The molecule has 0 atom stereocenters. The van der Waals surface area contributed by atoms with E-state index in [1.54, 1.807) is 19.1 Å². The van der Waals surface area contributed by atoms with Gasteiger partial charge in [0.05, 0.1) is 16.1 Å². The number of amides is 1. The van der Waals surface area contributed by atoms with Crippen molar-refractivity contribution < 1.29 is 19.1 Å². The van der Waals surface area contributed by atoms with E-state index in [0.29, 0.717) is 11.3 Å². The van der Waals surface area contributed by atoms with Crippen molar-refractivity contribution in [2.45, 2.75) is 6.92 Å². The monoisotopic (exact) mass is 357 g/mol. The minimum absolute atomic E-state index is 0.0283. The first-order chi connectivity index (χ1) is 11.9. The second-order valence-electron chi connectivity index (χ2n) is 5.38. The lowest BCUT2D eigenvalue weighted by Gasteiger charge is -2.10. The molecule has 6 nitrogen and oxygen atoms in total. The molecular formula is C18H12ClNO5. The zero-order chi connectivity index (χ0) is 18.1. The van der Waals surface area contributed by atoms with Gasteiger partial charge in [-0.3, -0.25) is 4.79 Å². The number of carboxylic acids is 1. The molecular weight excluding hydrogens is 346 g/mol. The molecule has 0 aliphatic heterocycles. The van der Waals surface area contributed by atoms with E-state index >= 15 is 0 Å². The number of anilines is 1. The van der Waals surface area contributed by atoms with Crippen LogP contribution in [0.15, 0.2) is 51.7 Å². The van der Waals surface area contributed by atoms with Crippen molar-refractivity contribution in [1.82, 2.24) is 0 Å². The minimum Gasteiger partial charge on any atom is -0.478 e. The topological polar surface area (TPSA) is 96.6 Å². The van der Waals surface area contributed by atoms with Crippen LogP contribution < -0.4 is 10.9 Å². The standard InChI is InChI=1S/C18H12ClNO5/c1-9-7-15(21)25-14-8-10(5-6-11(9)14)20-17(22)16-12(18(23)24)3-2-4-13(16)19/h2-8H,1H3,(H,20,22)(H,23,24). The molecule has 0 spiro atoms. The van der Waals surface area contributed by atoms with E-state index in [9.17, 15) is 19.5 Å². The number of nitrogens with one attached hydrogen (secondary N) is 1. The summed E-state index contributed by atoms with van der Waals surface area (Å²) < 4.78 is 5.13. The third kappa shape index (κ3) is 3.25. The van der Waals surface area contributed by atoms with E-state index in [0.717, 1.165) is 10.9 Å². The smallest absolute Gasteiger partial charge is 0.336 e. The molecule has 0 aliphatic carbocycles. The average Bonchev–Trinajstić information content (AvgIpc) is 2.53. The van der Waals surface area contributed by atoms with Crippen molar-refractivity contribution >= 4 is 40.1 Å². The summed E-state index contributed by atoms with van der Waals surface area (Å²) in [4.78, 5) is 35.3. The van der Waals surface area contributed by atoms with Gasteiger partial charge in [-0.1, -0.05) is 17.7 Å². The Morgan fingerprint density at radius 2 is 1.92 bits per heavy atom. The second kappa shape index (κ2) is 6.41. The van der Waals surface area contributed by atoms with E-state index in [1.165, 1.54) is 30.3 Å². The number of halogens is 1. The van der Waals surface area contributed by atoms with Gasteiger partial charge in [0.15, 0.2) is 0 Å². The van der Waals surface area contributed by atoms with Crippen molar-refractivity contribution in [3.63, 3.8) is 0 Å². The number of carboxylic acid groups (broad SMARTS) is 1. The van der Waals surface area contributed by atoms with Crippen LogP contribution in [-0.2, 0) is 0 Å². The fourth-order valence-corrected chi connectivity index (χ4v) is 2.79. The molecule has 2 aromatic carbocycles. The molecule has 25 heavy (non-hydrogen) atoms. The predicted octanol–water partition coefficient (Wildman–Crippen LogP) is 3.71. The molecule has 0 aliphatic rings. The summed E-state index contributed by atoms with van der Waals surface area (Å²) in [7, 11) is 0. The van der Waals surface area contributed by atoms with Crippen LogP contribution in [0.4, 0.5) is 5.69 Å². The Balaban J connectivity index is 2.01. The maximum atomic E-state index is 12.5. The van der Waals surface area contributed by atoms with Crippen molar-refractivity contribution in [1.29, 1.82) is 0 Å². The van der Waals surface area contributed by atoms with Gasteiger partial charge in [0.2, 0.25) is 0 Å². The number of aromatic carboxylic acids is 1. The second-order valence-corrected chi connectivity index (χ2v) is 5.79. The molecule has 0 unspecified atom stereocenters. The normalized spacial score (nSPS) is 10.6. The fourth-order valence-electron chi connectivity index (χ4n) is 2.53. The van der Waals surface area contributed by atoms with Gasteiger partial charge in [0.1, 0.15) is 5.58 Å². The molecule has 1 amide bonds. The highest BCUT2D eigenvalue weighted by Crippen LogP contribution is 2.24. The number of benzene rings is 2. The van der Waals surface area contributed by atoms with Gasteiger partial charge in [0.25, 0.3) is 5.91 Å². The van der Waals surface area contributed by atoms with Gasteiger partial charge >= 0.3 is 11.6 Å². The van der Waals surface area contributed by atoms with Crippen molar-refractivity contribution in [2.24, 2.45) is 0 Å². The minimum atomic E-state index is -1.26. The van der Waals surface area contributed by atoms with Crippen molar-refractivity contribution in [3.8, 4) is 0 Å². The lowest BCUT2D eigenvalue weighted by molar-refractivity contribution is 0.0692. The van der Waals surface area contributed by atoms with Gasteiger partial charge in [-0.2, -0.15) is 0 Å². The average molecular weight is 358 g/mol. The number of rotatable bonds is 3. The molecule has 7 heteroatoms. The maximum absolute atomic E-state index is 12.5. The number of carbonyl (C=O) groups is 2. The largest absolute Gasteiger partial charge is 0.478 e. The Hall–Kier alpha value is -3.12. The highest BCUT2D eigenvalue weighted by atomic mass is 35.5. The first-order valence-electron chi connectivity index (χ1n) is 7.24. The van der Waals surface area contributed by atoms with Gasteiger partial charge in [0, 0.05) is 23.2 Å². The van der Waals surface area contributed by atoms with Crippen LogP contribution in [0.2, 0.25) is 5.02 Å². The number of hydrogen-bond acceptors (Lipinski definition) is 4. The Labute approximate surface area is 146 Å². The molecule has 0 bridgehead atoms. The zero-order valence-corrected chi connectivity index (χ0v) is 13.8. The van der Waals surface area contributed by atoms with Crippen LogP contribution in [0.25, 0.3) is 11.0 Å². The fraction of sp³-hybridized carbons (Fsp3) is 0.0556. The molecule has 3 rings (SSSR count). The van der Waals surface area contributed by atoms with Crippen LogP contribution in [0.1, 0.15) is 26.3 Å². The van der Waals surface area contributed by atoms with Crippen LogP contribution in [0, 0.1) is 6.92 Å². The molecule has 3 aromatic rings. The molecule has 1 heterocycles. The lowest BCUT2D eigenvalue weighted by Crippen LogP contribution is -2.17. The Morgan fingerprint density at radius 1 is 1.16 bits per heavy atom. The van der Waals surface area contributed by atoms with E-state index in [2.05, 4.69) is 5.32 Å². The number of carbonyl (C=O) groups excluding carboxylic acids is 1. The van der Waals surface area contributed by atoms with E-state index in [4.69, 9.17) is 16.0 Å². The molecule has 1 aromatic heterocycles. The number of aryl methyl sites for hydroxylation is 1. The number of fused-ring (bicyclic) bond motifs is 1. The summed E-state index contributed by atoms with van der Waals surface area (Å²) in [5, 5.41) is 12.6.